The molecule has 178 valence electrons. The minimum atomic E-state index is -4.00. The number of anilines is 2. The highest BCUT2D eigenvalue weighted by molar-refractivity contribution is 7.92. The van der Waals surface area contributed by atoms with Crippen LogP contribution in [0, 0.1) is 5.92 Å². The van der Waals surface area contributed by atoms with E-state index in [4.69, 9.17) is 9.47 Å². The zero-order valence-corrected chi connectivity index (χ0v) is 19.8. The van der Waals surface area contributed by atoms with E-state index < -0.39 is 10.0 Å². The van der Waals surface area contributed by atoms with Crippen LogP contribution in [0.25, 0.3) is 0 Å². The van der Waals surface area contributed by atoms with Gasteiger partial charge in [0.05, 0.1) is 20.1 Å². The summed E-state index contributed by atoms with van der Waals surface area (Å²) in [4.78, 5) is 26.4. The molecule has 1 heterocycles. The maximum Gasteiger partial charge on any atom is 0.265 e. The van der Waals surface area contributed by atoms with Crippen molar-refractivity contribution in [2.75, 3.05) is 37.3 Å². The lowest BCUT2D eigenvalue weighted by Gasteiger charge is -2.32. The average Bonchev–Trinajstić information content (AvgIpc) is 2.83. The van der Waals surface area contributed by atoms with Crippen LogP contribution in [0.3, 0.4) is 0 Å². The number of rotatable bonds is 8. The van der Waals surface area contributed by atoms with Crippen LogP contribution in [-0.2, 0) is 19.6 Å². The second-order valence-electron chi connectivity index (χ2n) is 7.72. The molecule has 0 radical (unpaired) electrons. The highest BCUT2D eigenvalue weighted by Gasteiger charge is 2.28. The Morgan fingerprint density at radius 3 is 2.39 bits per heavy atom. The summed E-state index contributed by atoms with van der Waals surface area (Å²) in [6.07, 6.45) is 1.81. The molecule has 0 spiro atoms. The van der Waals surface area contributed by atoms with E-state index in [0.717, 1.165) is 6.42 Å². The Morgan fingerprint density at radius 1 is 1.06 bits per heavy atom. The van der Waals surface area contributed by atoms with Crippen molar-refractivity contribution < 1.29 is 27.5 Å². The van der Waals surface area contributed by atoms with Crippen molar-refractivity contribution in [3.05, 3.63) is 42.5 Å². The van der Waals surface area contributed by atoms with Crippen molar-refractivity contribution in [1.82, 2.24) is 4.90 Å². The fourth-order valence-electron chi connectivity index (χ4n) is 3.72. The van der Waals surface area contributed by atoms with E-state index in [0.29, 0.717) is 43.1 Å². The number of piperidine rings is 1. The lowest BCUT2D eigenvalue weighted by Crippen LogP contribution is -2.43. The zero-order valence-electron chi connectivity index (χ0n) is 19.0. The molecule has 1 atom stereocenters. The van der Waals surface area contributed by atoms with Crippen molar-refractivity contribution in [2.24, 2.45) is 5.92 Å². The Bertz CT molecular complexity index is 1100. The SMILES string of the molecule is CCC(=O)N1CCCC(C(=O)Nc2ccc(OC)c(S(=O)(=O)Nc3ccc(OC)cc3)c2)C1. The summed E-state index contributed by atoms with van der Waals surface area (Å²) in [5, 5.41) is 2.79. The molecular formula is C23H29N3O6S. The van der Waals surface area contributed by atoms with E-state index >= 15 is 0 Å². The van der Waals surface area contributed by atoms with Crippen LogP contribution in [0.4, 0.5) is 11.4 Å². The van der Waals surface area contributed by atoms with Crippen LogP contribution in [0.1, 0.15) is 26.2 Å². The van der Waals surface area contributed by atoms with E-state index in [1.807, 2.05) is 0 Å². The number of carbonyl (C=O) groups is 2. The summed E-state index contributed by atoms with van der Waals surface area (Å²) < 4.78 is 38.9. The Kier molecular flexibility index (Phi) is 7.80. The van der Waals surface area contributed by atoms with E-state index in [-0.39, 0.29) is 28.4 Å². The molecule has 1 aliphatic rings. The summed E-state index contributed by atoms with van der Waals surface area (Å²) in [5.41, 5.74) is 0.685. The van der Waals surface area contributed by atoms with E-state index in [1.54, 1.807) is 42.2 Å². The van der Waals surface area contributed by atoms with Gasteiger partial charge in [-0.1, -0.05) is 6.92 Å². The largest absolute Gasteiger partial charge is 0.497 e. The Balaban J connectivity index is 1.78. The topological polar surface area (TPSA) is 114 Å². The van der Waals surface area contributed by atoms with Gasteiger partial charge in [0.25, 0.3) is 10.0 Å². The molecule has 3 rings (SSSR count). The summed E-state index contributed by atoms with van der Waals surface area (Å²) in [7, 11) is -1.10. The van der Waals surface area contributed by atoms with Gasteiger partial charge in [-0.05, 0) is 55.3 Å². The molecule has 2 N–H and O–H groups in total. The van der Waals surface area contributed by atoms with Gasteiger partial charge in [-0.2, -0.15) is 0 Å². The summed E-state index contributed by atoms with van der Waals surface area (Å²) in [6, 6.07) is 10.9. The molecule has 0 aliphatic carbocycles. The molecule has 0 saturated carbocycles. The van der Waals surface area contributed by atoms with Gasteiger partial charge in [0.15, 0.2) is 0 Å². The van der Waals surface area contributed by atoms with Gasteiger partial charge in [0.2, 0.25) is 11.8 Å². The standard InChI is InChI=1S/C23H29N3O6S/c1-4-22(27)26-13-5-6-16(15-26)23(28)24-18-9-12-20(32-3)21(14-18)33(29,30)25-17-7-10-19(31-2)11-8-17/h7-12,14,16,25H,4-6,13,15H2,1-3H3,(H,24,28). The van der Waals surface area contributed by atoms with Gasteiger partial charge < -0.3 is 19.7 Å². The molecule has 2 amide bonds. The van der Waals surface area contributed by atoms with Crippen molar-refractivity contribution >= 4 is 33.2 Å². The van der Waals surface area contributed by atoms with Gasteiger partial charge in [0, 0.05) is 30.9 Å². The third-order valence-electron chi connectivity index (χ3n) is 5.51. The van der Waals surface area contributed by atoms with Crippen molar-refractivity contribution in [2.45, 2.75) is 31.1 Å². The molecule has 0 aromatic heterocycles. The van der Waals surface area contributed by atoms with Crippen LogP contribution in [0.15, 0.2) is 47.4 Å². The van der Waals surface area contributed by atoms with Crippen LogP contribution < -0.4 is 19.5 Å². The second kappa shape index (κ2) is 10.6. The normalized spacial score (nSPS) is 16.1. The van der Waals surface area contributed by atoms with Gasteiger partial charge in [-0.3, -0.25) is 14.3 Å². The first kappa shape index (κ1) is 24.4. The first-order chi connectivity index (χ1) is 15.8. The van der Waals surface area contributed by atoms with Crippen molar-refractivity contribution in [3.63, 3.8) is 0 Å². The number of carbonyl (C=O) groups excluding carboxylic acids is 2. The van der Waals surface area contributed by atoms with Gasteiger partial charge in [-0.15, -0.1) is 0 Å². The second-order valence-corrected chi connectivity index (χ2v) is 9.37. The molecule has 1 saturated heterocycles. The number of methoxy groups -OCH3 is 2. The number of nitrogens with zero attached hydrogens (tertiary/aromatic N) is 1. The Morgan fingerprint density at radius 2 is 1.76 bits per heavy atom. The number of sulfonamides is 1. The fourth-order valence-corrected chi connectivity index (χ4v) is 4.97. The number of amides is 2. The quantitative estimate of drug-likeness (QED) is 0.607. The number of hydrogen-bond acceptors (Lipinski definition) is 6. The summed E-state index contributed by atoms with van der Waals surface area (Å²) in [5.74, 6) is 0.164. The summed E-state index contributed by atoms with van der Waals surface area (Å²) in [6.45, 7) is 2.81. The maximum absolute atomic E-state index is 13.0. The molecule has 33 heavy (non-hydrogen) atoms. The monoisotopic (exact) mass is 475 g/mol. The third kappa shape index (κ3) is 5.95. The summed E-state index contributed by atoms with van der Waals surface area (Å²) >= 11 is 0. The highest BCUT2D eigenvalue weighted by Crippen LogP contribution is 2.30. The maximum atomic E-state index is 13.0. The van der Waals surface area contributed by atoms with Crippen molar-refractivity contribution in [1.29, 1.82) is 0 Å². The highest BCUT2D eigenvalue weighted by atomic mass is 32.2. The van der Waals surface area contributed by atoms with Crippen LogP contribution >= 0.6 is 0 Å². The number of likely N-dealkylation sites (tertiary alicyclic amines) is 1. The Labute approximate surface area is 194 Å². The first-order valence-corrected chi connectivity index (χ1v) is 12.2. The fraction of sp³-hybridized carbons (Fsp3) is 0.391. The average molecular weight is 476 g/mol. The minimum absolute atomic E-state index is 0.0231. The molecule has 9 nitrogen and oxygen atoms in total. The molecule has 1 fully saturated rings. The van der Waals surface area contributed by atoms with Gasteiger partial charge in [0.1, 0.15) is 16.4 Å². The molecule has 1 unspecified atom stereocenters. The molecule has 2 aromatic rings. The van der Waals surface area contributed by atoms with Crippen LogP contribution in [0.2, 0.25) is 0 Å². The van der Waals surface area contributed by atoms with Crippen molar-refractivity contribution in [3.8, 4) is 11.5 Å². The molecule has 0 bridgehead atoms. The minimum Gasteiger partial charge on any atom is -0.497 e. The molecule has 2 aromatic carbocycles. The molecule has 10 heteroatoms. The van der Waals surface area contributed by atoms with E-state index in [9.17, 15) is 18.0 Å². The number of hydrogen-bond donors (Lipinski definition) is 2. The van der Waals surface area contributed by atoms with Crippen LogP contribution in [-0.4, -0.2) is 52.4 Å². The predicted octanol–water partition coefficient (Wildman–Crippen LogP) is 3.09. The number of ether oxygens (including phenoxy) is 2. The zero-order chi connectivity index (χ0) is 24.0. The third-order valence-corrected chi connectivity index (χ3v) is 6.91. The van der Waals surface area contributed by atoms with Gasteiger partial charge in [-0.25, -0.2) is 8.42 Å². The van der Waals surface area contributed by atoms with Crippen LogP contribution in [0.5, 0.6) is 11.5 Å². The number of benzene rings is 2. The number of nitrogens with one attached hydrogen (secondary N) is 2. The van der Waals surface area contributed by atoms with Gasteiger partial charge >= 0.3 is 0 Å². The molecule has 1 aliphatic heterocycles. The lowest BCUT2D eigenvalue weighted by atomic mass is 9.96. The first-order valence-electron chi connectivity index (χ1n) is 10.7. The smallest absolute Gasteiger partial charge is 0.265 e. The predicted molar refractivity (Wildman–Crippen MR) is 125 cm³/mol. The molecular weight excluding hydrogens is 446 g/mol. The Hall–Kier alpha value is -3.27. The lowest BCUT2D eigenvalue weighted by molar-refractivity contribution is -0.134. The van der Waals surface area contributed by atoms with E-state index in [1.165, 1.54) is 26.4 Å². The van der Waals surface area contributed by atoms with E-state index in [2.05, 4.69) is 10.0 Å².